The van der Waals surface area contributed by atoms with Gasteiger partial charge in [0.25, 0.3) is 0 Å². The van der Waals surface area contributed by atoms with Crippen molar-refractivity contribution in [2.75, 3.05) is 12.8 Å². The van der Waals surface area contributed by atoms with Crippen LogP contribution in [0.5, 0.6) is 5.75 Å². The molecule has 5 nitrogen and oxygen atoms in total. The molecule has 0 aliphatic carbocycles. The summed E-state index contributed by atoms with van der Waals surface area (Å²) in [5, 5.41) is 8.92. The summed E-state index contributed by atoms with van der Waals surface area (Å²) < 4.78 is 30.0. The van der Waals surface area contributed by atoms with Gasteiger partial charge < -0.3 is 10.5 Å². The first kappa shape index (κ1) is 14.9. The van der Waals surface area contributed by atoms with Crippen molar-refractivity contribution in [3.8, 4) is 11.8 Å². The standard InChI is InChI=1S/C15H14N2O3S/c1-20-15-6-5-11(9-16)7-12(15)10-21(18,19)14-4-2-3-13(17)8-14/h2-8H,10,17H2,1H3. The predicted molar refractivity (Wildman–Crippen MR) is 79.5 cm³/mol. The smallest absolute Gasteiger partial charge is 0.182 e. The molecule has 0 heterocycles. The van der Waals surface area contributed by atoms with Gasteiger partial charge in [0.05, 0.1) is 29.4 Å². The minimum Gasteiger partial charge on any atom is -0.496 e. The second kappa shape index (κ2) is 5.85. The largest absolute Gasteiger partial charge is 0.496 e. The topological polar surface area (TPSA) is 93.2 Å². The predicted octanol–water partition coefficient (Wildman–Crippen LogP) is 2.12. The van der Waals surface area contributed by atoms with Crippen molar-refractivity contribution in [1.29, 1.82) is 5.26 Å². The molecule has 0 spiro atoms. The third-order valence-corrected chi connectivity index (χ3v) is 4.64. The summed E-state index contributed by atoms with van der Waals surface area (Å²) in [5.41, 5.74) is 6.83. The molecule has 0 aliphatic rings. The van der Waals surface area contributed by atoms with Gasteiger partial charge in [0, 0.05) is 11.3 Å². The molecule has 2 aromatic carbocycles. The Balaban J connectivity index is 2.43. The average Bonchev–Trinajstić information content (AvgIpc) is 2.46. The van der Waals surface area contributed by atoms with E-state index in [0.29, 0.717) is 22.6 Å². The summed E-state index contributed by atoms with van der Waals surface area (Å²) in [4.78, 5) is 0.145. The van der Waals surface area contributed by atoms with Crippen LogP contribution in [0.3, 0.4) is 0 Å². The van der Waals surface area contributed by atoms with E-state index in [9.17, 15) is 8.42 Å². The molecule has 0 aromatic heterocycles. The minimum absolute atomic E-state index is 0.145. The molecule has 0 aliphatic heterocycles. The average molecular weight is 302 g/mol. The van der Waals surface area contributed by atoms with Crippen LogP contribution >= 0.6 is 0 Å². The maximum Gasteiger partial charge on any atom is 0.182 e. The number of nitrogens with two attached hydrogens (primary N) is 1. The second-order valence-electron chi connectivity index (χ2n) is 4.47. The first-order chi connectivity index (χ1) is 9.96. The number of nitrogens with zero attached hydrogens (tertiary/aromatic N) is 1. The van der Waals surface area contributed by atoms with Gasteiger partial charge >= 0.3 is 0 Å². The van der Waals surface area contributed by atoms with Gasteiger partial charge in [-0.3, -0.25) is 0 Å². The van der Waals surface area contributed by atoms with Gasteiger partial charge in [-0.05, 0) is 36.4 Å². The van der Waals surface area contributed by atoms with Crippen LogP contribution in [0.15, 0.2) is 47.4 Å². The van der Waals surface area contributed by atoms with E-state index in [0.717, 1.165) is 0 Å². The summed E-state index contributed by atoms with van der Waals surface area (Å²) in [7, 11) is -2.11. The molecule has 0 saturated carbocycles. The lowest BCUT2D eigenvalue weighted by Gasteiger charge is -2.10. The van der Waals surface area contributed by atoms with Crippen molar-refractivity contribution >= 4 is 15.5 Å². The van der Waals surface area contributed by atoms with E-state index in [1.165, 1.54) is 25.3 Å². The maximum absolute atomic E-state index is 12.4. The number of hydrogen-bond acceptors (Lipinski definition) is 5. The Morgan fingerprint density at radius 2 is 2.00 bits per heavy atom. The van der Waals surface area contributed by atoms with Gasteiger partial charge in [0.2, 0.25) is 0 Å². The lowest BCUT2D eigenvalue weighted by molar-refractivity contribution is 0.411. The van der Waals surface area contributed by atoms with Crippen LogP contribution in [-0.2, 0) is 15.6 Å². The van der Waals surface area contributed by atoms with E-state index < -0.39 is 9.84 Å². The summed E-state index contributed by atoms with van der Waals surface area (Å²) >= 11 is 0. The Labute approximate surface area is 123 Å². The fourth-order valence-electron chi connectivity index (χ4n) is 1.96. The van der Waals surface area contributed by atoms with Gasteiger partial charge in [-0.2, -0.15) is 5.26 Å². The van der Waals surface area contributed by atoms with E-state index >= 15 is 0 Å². The van der Waals surface area contributed by atoms with Crippen LogP contribution in [0.25, 0.3) is 0 Å². The van der Waals surface area contributed by atoms with Gasteiger partial charge in [0.1, 0.15) is 5.75 Å². The van der Waals surface area contributed by atoms with Crippen LogP contribution in [0, 0.1) is 11.3 Å². The number of rotatable bonds is 4. The lowest BCUT2D eigenvalue weighted by Crippen LogP contribution is -2.07. The molecule has 6 heteroatoms. The molecule has 2 aromatic rings. The third kappa shape index (κ3) is 3.33. The highest BCUT2D eigenvalue weighted by Crippen LogP contribution is 2.25. The second-order valence-corrected chi connectivity index (χ2v) is 6.46. The third-order valence-electron chi connectivity index (χ3n) is 2.97. The van der Waals surface area contributed by atoms with Gasteiger partial charge in [-0.1, -0.05) is 6.07 Å². The molecule has 2 rings (SSSR count). The molecule has 0 fully saturated rings. The normalized spacial score (nSPS) is 10.9. The van der Waals surface area contributed by atoms with Crippen molar-refractivity contribution in [1.82, 2.24) is 0 Å². The molecule has 0 unspecified atom stereocenters. The molecule has 0 saturated heterocycles. The Morgan fingerprint density at radius 1 is 1.24 bits per heavy atom. The van der Waals surface area contributed by atoms with E-state index in [-0.39, 0.29) is 10.6 Å². The Kier molecular flexibility index (Phi) is 4.15. The summed E-state index contributed by atoms with van der Waals surface area (Å²) in [6, 6.07) is 12.8. The van der Waals surface area contributed by atoms with Crippen molar-refractivity contribution in [3.63, 3.8) is 0 Å². The molecule has 0 atom stereocenters. The fourth-order valence-corrected chi connectivity index (χ4v) is 3.36. The zero-order valence-corrected chi connectivity index (χ0v) is 12.2. The first-order valence-electron chi connectivity index (χ1n) is 6.11. The zero-order chi connectivity index (χ0) is 15.5. The van der Waals surface area contributed by atoms with E-state index in [1.807, 2.05) is 6.07 Å². The van der Waals surface area contributed by atoms with Crippen molar-refractivity contribution < 1.29 is 13.2 Å². The lowest BCUT2D eigenvalue weighted by atomic mass is 10.1. The van der Waals surface area contributed by atoms with Crippen LogP contribution in [-0.4, -0.2) is 15.5 Å². The monoisotopic (exact) mass is 302 g/mol. The number of anilines is 1. The van der Waals surface area contributed by atoms with E-state index in [1.54, 1.807) is 24.3 Å². The molecule has 0 radical (unpaired) electrons. The number of hydrogen-bond donors (Lipinski definition) is 1. The van der Waals surface area contributed by atoms with Crippen molar-refractivity contribution in [3.05, 3.63) is 53.6 Å². The highest BCUT2D eigenvalue weighted by molar-refractivity contribution is 7.90. The quantitative estimate of drug-likeness (QED) is 0.873. The molecule has 0 bridgehead atoms. The van der Waals surface area contributed by atoms with E-state index in [4.69, 9.17) is 15.7 Å². The molecular formula is C15H14N2O3S. The Hall–Kier alpha value is -2.52. The Morgan fingerprint density at radius 3 is 2.62 bits per heavy atom. The first-order valence-corrected chi connectivity index (χ1v) is 7.77. The highest BCUT2D eigenvalue weighted by Gasteiger charge is 2.18. The Bertz CT molecular complexity index is 808. The number of methoxy groups -OCH3 is 1. The van der Waals surface area contributed by atoms with Gasteiger partial charge in [-0.15, -0.1) is 0 Å². The van der Waals surface area contributed by atoms with Gasteiger partial charge in [-0.25, -0.2) is 8.42 Å². The van der Waals surface area contributed by atoms with Crippen LogP contribution in [0.2, 0.25) is 0 Å². The number of nitrogen functional groups attached to an aromatic ring is 1. The fraction of sp³-hybridized carbons (Fsp3) is 0.133. The molecule has 2 N–H and O–H groups in total. The summed E-state index contributed by atoms with van der Waals surface area (Å²) in [6.07, 6.45) is 0. The van der Waals surface area contributed by atoms with Crippen LogP contribution in [0.4, 0.5) is 5.69 Å². The van der Waals surface area contributed by atoms with Crippen LogP contribution in [0.1, 0.15) is 11.1 Å². The van der Waals surface area contributed by atoms with Crippen molar-refractivity contribution in [2.24, 2.45) is 0 Å². The maximum atomic E-state index is 12.4. The highest BCUT2D eigenvalue weighted by atomic mass is 32.2. The number of benzene rings is 2. The van der Waals surface area contributed by atoms with Gasteiger partial charge in [0.15, 0.2) is 9.84 Å². The SMILES string of the molecule is COc1ccc(C#N)cc1CS(=O)(=O)c1cccc(N)c1. The molecular weight excluding hydrogens is 288 g/mol. The van der Waals surface area contributed by atoms with Crippen LogP contribution < -0.4 is 10.5 Å². The summed E-state index contributed by atoms with van der Waals surface area (Å²) in [5.74, 6) is 0.177. The van der Waals surface area contributed by atoms with E-state index in [2.05, 4.69) is 0 Å². The van der Waals surface area contributed by atoms with Crippen molar-refractivity contribution in [2.45, 2.75) is 10.6 Å². The molecule has 0 amide bonds. The molecule has 21 heavy (non-hydrogen) atoms. The number of nitriles is 1. The minimum atomic E-state index is -3.56. The number of sulfone groups is 1. The number of ether oxygens (including phenoxy) is 1. The summed E-state index contributed by atoms with van der Waals surface area (Å²) in [6.45, 7) is 0. The zero-order valence-electron chi connectivity index (χ0n) is 11.4. The molecule has 108 valence electrons.